The van der Waals surface area contributed by atoms with Crippen LogP contribution in [0, 0.1) is 0 Å². The Bertz CT molecular complexity index is 498. The summed E-state index contributed by atoms with van der Waals surface area (Å²) >= 11 is 0. The molecule has 1 amide bonds. The highest BCUT2D eigenvalue weighted by Gasteiger charge is 2.25. The normalized spacial score (nSPS) is 14.8. The van der Waals surface area contributed by atoms with Crippen LogP contribution in [0.15, 0.2) is 30.3 Å². The van der Waals surface area contributed by atoms with E-state index in [0.717, 1.165) is 11.8 Å². The molecule has 0 saturated carbocycles. The first-order valence-electron chi connectivity index (χ1n) is 5.51. The molecule has 1 aromatic carbocycles. The molecule has 6 heteroatoms. The van der Waals surface area contributed by atoms with Crippen LogP contribution in [0.1, 0.15) is 18.5 Å². The summed E-state index contributed by atoms with van der Waals surface area (Å²) in [5, 5.41) is 10.6. The second-order valence-electron chi connectivity index (χ2n) is 4.13. The van der Waals surface area contributed by atoms with Crippen LogP contribution in [-0.4, -0.2) is 37.5 Å². The van der Waals surface area contributed by atoms with Crippen LogP contribution in [0.3, 0.4) is 0 Å². The van der Waals surface area contributed by atoms with Crippen molar-refractivity contribution in [3.05, 3.63) is 35.9 Å². The Morgan fingerprint density at radius 1 is 1.33 bits per heavy atom. The minimum Gasteiger partial charge on any atom is -0.394 e. The SMILES string of the molecule is CC(C(=O)N[C@@H](CO)c1ccccc1)S(C)(=O)=O. The lowest BCUT2D eigenvalue weighted by atomic mass is 10.1. The molecule has 18 heavy (non-hydrogen) atoms. The van der Waals surface area contributed by atoms with E-state index in [1.807, 2.05) is 6.07 Å². The Kier molecular flexibility index (Phi) is 4.86. The fraction of sp³-hybridized carbons (Fsp3) is 0.417. The summed E-state index contributed by atoms with van der Waals surface area (Å²) in [4.78, 5) is 11.7. The van der Waals surface area contributed by atoms with Crippen molar-refractivity contribution in [3.63, 3.8) is 0 Å². The third-order valence-corrected chi connectivity index (χ3v) is 4.21. The number of nitrogens with one attached hydrogen (secondary N) is 1. The quantitative estimate of drug-likeness (QED) is 0.805. The number of aliphatic hydroxyl groups is 1. The molecular formula is C12H17NO4S. The number of amides is 1. The Morgan fingerprint density at radius 2 is 1.89 bits per heavy atom. The van der Waals surface area contributed by atoms with Gasteiger partial charge in [0.1, 0.15) is 5.25 Å². The minimum atomic E-state index is -3.43. The molecule has 1 rings (SSSR count). The molecule has 2 N–H and O–H groups in total. The zero-order chi connectivity index (χ0) is 13.8. The maximum Gasteiger partial charge on any atom is 0.238 e. The molecule has 5 nitrogen and oxygen atoms in total. The summed E-state index contributed by atoms with van der Waals surface area (Å²) < 4.78 is 22.5. The number of hydrogen-bond acceptors (Lipinski definition) is 4. The molecule has 2 atom stereocenters. The molecular weight excluding hydrogens is 254 g/mol. The van der Waals surface area contributed by atoms with Gasteiger partial charge in [0.15, 0.2) is 9.84 Å². The minimum absolute atomic E-state index is 0.285. The first kappa shape index (κ1) is 14.7. The first-order chi connectivity index (χ1) is 8.36. The monoisotopic (exact) mass is 271 g/mol. The highest BCUT2D eigenvalue weighted by Crippen LogP contribution is 2.12. The number of hydrogen-bond donors (Lipinski definition) is 2. The van der Waals surface area contributed by atoms with Crippen molar-refractivity contribution in [2.75, 3.05) is 12.9 Å². The third-order valence-electron chi connectivity index (χ3n) is 2.71. The fourth-order valence-corrected chi connectivity index (χ4v) is 1.86. The number of carbonyl (C=O) groups is 1. The molecule has 0 bridgehead atoms. The van der Waals surface area contributed by atoms with Crippen LogP contribution in [0.2, 0.25) is 0 Å². The molecule has 0 spiro atoms. The molecule has 0 heterocycles. The van der Waals surface area contributed by atoms with E-state index >= 15 is 0 Å². The summed E-state index contributed by atoms with van der Waals surface area (Å²) in [7, 11) is -3.43. The Morgan fingerprint density at radius 3 is 2.33 bits per heavy atom. The molecule has 0 aliphatic heterocycles. The second-order valence-corrected chi connectivity index (χ2v) is 6.49. The second kappa shape index (κ2) is 5.97. The van der Waals surface area contributed by atoms with E-state index in [-0.39, 0.29) is 6.61 Å². The van der Waals surface area contributed by atoms with Crippen LogP contribution >= 0.6 is 0 Å². The van der Waals surface area contributed by atoms with Gasteiger partial charge in [-0.25, -0.2) is 8.42 Å². The molecule has 1 aromatic rings. The number of aliphatic hydroxyl groups excluding tert-OH is 1. The van der Waals surface area contributed by atoms with Crippen LogP contribution in [0.25, 0.3) is 0 Å². The van der Waals surface area contributed by atoms with Gasteiger partial charge in [0.05, 0.1) is 12.6 Å². The zero-order valence-electron chi connectivity index (χ0n) is 10.3. The van der Waals surface area contributed by atoms with Gasteiger partial charge >= 0.3 is 0 Å². The number of sulfone groups is 1. The van der Waals surface area contributed by atoms with Crippen molar-refractivity contribution >= 4 is 15.7 Å². The molecule has 0 aliphatic carbocycles. The van der Waals surface area contributed by atoms with Crippen LogP contribution in [-0.2, 0) is 14.6 Å². The van der Waals surface area contributed by atoms with Gasteiger partial charge in [0.25, 0.3) is 0 Å². The van der Waals surface area contributed by atoms with E-state index in [1.54, 1.807) is 24.3 Å². The highest BCUT2D eigenvalue weighted by atomic mass is 32.2. The van der Waals surface area contributed by atoms with Crippen LogP contribution in [0.4, 0.5) is 0 Å². The van der Waals surface area contributed by atoms with Gasteiger partial charge < -0.3 is 10.4 Å². The predicted molar refractivity (Wildman–Crippen MR) is 68.7 cm³/mol. The van der Waals surface area contributed by atoms with E-state index in [9.17, 15) is 18.3 Å². The van der Waals surface area contributed by atoms with Crippen molar-refractivity contribution in [3.8, 4) is 0 Å². The third kappa shape index (κ3) is 3.82. The molecule has 1 unspecified atom stereocenters. The topological polar surface area (TPSA) is 83.5 Å². The Labute approximate surface area is 107 Å². The molecule has 0 saturated heterocycles. The van der Waals surface area contributed by atoms with Crippen LogP contribution < -0.4 is 5.32 Å². The van der Waals surface area contributed by atoms with Gasteiger partial charge in [-0.2, -0.15) is 0 Å². The van der Waals surface area contributed by atoms with Crippen molar-refractivity contribution < 1.29 is 18.3 Å². The Hall–Kier alpha value is -1.40. The smallest absolute Gasteiger partial charge is 0.238 e. The maximum atomic E-state index is 11.7. The van der Waals surface area contributed by atoms with Gasteiger partial charge in [0.2, 0.25) is 5.91 Å². The lowest BCUT2D eigenvalue weighted by Crippen LogP contribution is -2.40. The average Bonchev–Trinajstić information content (AvgIpc) is 2.34. The predicted octanol–water partition coefficient (Wildman–Crippen LogP) is 0.269. The van der Waals surface area contributed by atoms with Crippen molar-refractivity contribution in [2.24, 2.45) is 0 Å². The first-order valence-corrected chi connectivity index (χ1v) is 7.46. The van der Waals surface area contributed by atoms with Crippen molar-refractivity contribution in [1.82, 2.24) is 5.32 Å². The summed E-state index contributed by atoms with van der Waals surface area (Å²) in [6.07, 6.45) is 1.01. The van der Waals surface area contributed by atoms with Crippen molar-refractivity contribution in [1.29, 1.82) is 0 Å². The van der Waals surface area contributed by atoms with E-state index < -0.39 is 27.0 Å². The van der Waals surface area contributed by atoms with E-state index in [2.05, 4.69) is 5.32 Å². The molecule has 100 valence electrons. The summed E-state index contributed by atoms with van der Waals surface area (Å²) in [5.74, 6) is -0.611. The summed E-state index contributed by atoms with van der Waals surface area (Å²) in [6.45, 7) is 1.04. The standard InChI is InChI=1S/C12H17NO4S/c1-9(18(2,16)17)12(15)13-11(8-14)10-6-4-3-5-7-10/h3-7,9,11,14H,8H2,1-2H3,(H,13,15)/t9?,11-/m0/s1. The average molecular weight is 271 g/mol. The van der Waals surface area contributed by atoms with Gasteiger partial charge in [0, 0.05) is 6.26 Å². The fourth-order valence-electron chi connectivity index (χ4n) is 1.40. The largest absolute Gasteiger partial charge is 0.394 e. The van der Waals surface area contributed by atoms with Gasteiger partial charge in [-0.05, 0) is 12.5 Å². The maximum absolute atomic E-state index is 11.7. The van der Waals surface area contributed by atoms with Crippen molar-refractivity contribution in [2.45, 2.75) is 18.2 Å². The van der Waals surface area contributed by atoms with Gasteiger partial charge in [-0.1, -0.05) is 30.3 Å². The lowest BCUT2D eigenvalue weighted by Gasteiger charge is -2.18. The molecule has 0 radical (unpaired) electrons. The molecule has 0 aromatic heterocycles. The highest BCUT2D eigenvalue weighted by molar-refractivity contribution is 7.92. The summed E-state index contributed by atoms with van der Waals surface area (Å²) in [5.41, 5.74) is 0.731. The number of rotatable bonds is 5. The number of carbonyl (C=O) groups excluding carboxylic acids is 1. The zero-order valence-corrected chi connectivity index (χ0v) is 11.1. The van der Waals surface area contributed by atoms with Crippen LogP contribution in [0.5, 0.6) is 0 Å². The molecule has 0 aliphatic rings. The van der Waals surface area contributed by atoms with E-state index in [1.165, 1.54) is 6.92 Å². The Balaban J connectivity index is 2.80. The number of benzene rings is 1. The van der Waals surface area contributed by atoms with Gasteiger partial charge in [-0.3, -0.25) is 4.79 Å². The lowest BCUT2D eigenvalue weighted by molar-refractivity contribution is -0.121. The van der Waals surface area contributed by atoms with E-state index in [0.29, 0.717) is 0 Å². The summed E-state index contributed by atoms with van der Waals surface area (Å²) in [6, 6.07) is 8.30. The molecule has 0 fully saturated rings. The van der Waals surface area contributed by atoms with E-state index in [4.69, 9.17) is 0 Å². The van der Waals surface area contributed by atoms with Gasteiger partial charge in [-0.15, -0.1) is 0 Å².